The molecular formula is C13H15N3OS. The molecule has 2 heterocycles. The van der Waals surface area contributed by atoms with Crippen molar-refractivity contribution < 1.29 is 4.79 Å². The van der Waals surface area contributed by atoms with Gasteiger partial charge in [-0.1, -0.05) is 23.9 Å². The Morgan fingerprint density at radius 2 is 2.44 bits per heavy atom. The molecule has 2 aliphatic rings. The predicted octanol–water partition coefficient (Wildman–Crippen LogP) is 2.10. The first-order valence-corrected chi connectivity index (χ1v) is 7.04. The Kier molecular flexibility index (Phi) is 2.99. The fraction of sp³-hybridized carbons (Fsp3) is 0.385. The van der Waals surface area contributed by atoms with Crippen molar-refractivity contribution in [3.63, 3.8) is 0 Å². The van der Waals surface area contributed by atoms with Gasteiger partial charge in [-0.25, -0.2) is 0 Å². The topological polar surface area (TPSA) is 44.7 Å². The van der Waals surface area contributed by atoms with Crippen LogP contribution in [0.4, 0.5) is 5.69 Å². The van der Waals surface area contributed by atoms with Crippen LogP contribution in [0.1, 0.15) is 18.5 Å². The first-order valence-electron chi connectivity index (χ1n) is 6.05. The molecule has 1 amide bonds. The third-order valence-electron chi connectivity index (χ3n) is 3.11. The highest BCUT2D eigenvalue weighted by molar-refractivity contribution is 8.14. The van der Waals surface area contributed by atoms with Crippen molar-refractivity contribution in [2.24, 2.45) is 4.99 Å². The number of amides is 1. The van der Waals surface area contributed by atoms with E-state index in [-0.39, 0.29) is 11.9 Å². The maximum atomic E-state index is 11.1. The summed E-state index contributed by atoms with van der Waals surface area (Å²) >= 11 is 1.83. The molecule has 0 bridgehead atoms. The van der Waals surface area contributed by atoms with Gasteiger partial charge in [-0.2, -0.15) is 0 Å². The fourth-order valence-electron chi connectivity index (χ4n) is 2.31. The number of aliphatic imine (C=N–C) groups is 1. The number of nitrogens with zero attached hydrogens (tertiary/aromatic N) is 2. The maximum Gasteiger partial charge on any atom is 0.221 e. The molecule has 2 aliphatic heterocycles. The molecule has 0 spiro atoms. The first kappa shape index (κ1) is 11.6. The second-order valence-electron chi connectivity index (χ2n) is 4.53. The Labute approximate surface area is 110 Å². The standard InChI is InChI=1S/C13H15N3OS/c1-9(17)14-11-4-2-3-10(7-11)12-8-16-5-6-18-13(16)15-12/h2-4,7,12H,5-6,8H2,1H3,(H,14,17). The van der Waals surface area contributed by atoms with E-state index in [0.717, 1.165) is 24.5 Å². The van der Waals surface area contributed by atoms with Gasteiger partial charge < -0.3 is 10.2 Å². The van der Waals surface area contributed by atoms with Gasteiger partial charge in [0, 0.05) is 31.5 Å². The molecule has 3 rings (SSSR count). The highest BCUT2D eigenvalue weighted by Gasteiger charge is 2.30. The summed E-state index contributed by atoms with van der Waals surface area (Å²) in [6.45, 7) is 3.59. The van der Waals surface area contributed by atoms with Crippen molar-refractivity contribution >= 4 is 28.5 Å². The number of thioether (sulfide) groups is 1. The minimum absolute atomic E-state index is 0.0407. The summed E-state index contributed by atoms with van der Waals surface area (Å²) in [6.07, 6.45) is 0. The Morgan fingerprint density at radius 3 is 3.22 bits per heavy atom. The molecule has 1 fully saturated rings. The number of carbonyl (C=O) groups excluding carboxylic acids is 1. The second kappa shape index (κ2) is 4.65. The zero-order valence-electron chi connectivity index (χ0n) is 10.2. The number of nitrogens with one attached hydrogen (secondary N) is 1. The highest BCUT2D eigenvalue weighted by atomic mass is 32.2. The Morgan fingerprint density at radius 1 is 1.56 bits per heavy atom. The zero-order valence-corrected chi connectivity index (χ0v) is 11.0. The lowest BCUT2D eigenvalue weighted by molar-refractivity contribution is -0.114. The van der Waals surface area contributed by atoms with Crippen LogP contribution in [0.5, 0.6) is 0 Å². The Balaban J connectivity index is 1.81. The lowest BCUT2D eigenvalue weighted by Crippen LogP contribution is -2.21. The van der Waals surface area contributed by atoms with Crippen molar-refractivity contribution in [1.82, 2.24) is 4.90 Å². The maximum absolute atomic E-state index is 11.1. The molecule has 0 aromatic heterocycles. The number of benzene rings is 1. The highest BCUT2D eigenvalue weighted by Crippen LogP contribution is 2.32. The van der Waals surface area contributed by atoms with Crippen molar-refractivity contribution in [2.45, 2.75) is 13.0 Å². The molecule has 4 nitrogen and oxygen atoms in total. The summed E-state index contributed by atoms with van der Waals surface area (Å²) in [5.74, 6) is 1.11. The van der Waals surface area contributed by atoms with Gasteiger partial charge in [0.05, 0.1) is 6.04 Å². The quantitative estimate of drug-likeness (QED) is 0.886. The van der Waals surface area contributed by atoms with E-state index >= 15 is 0 Å². The van der Waals surface area contributed by atoms with Crippen LogP contribution in [0.15, 0.2) is 29.3 Å². The number of hydrogen-bond acceptors (Lipinski definition) is 4. The molecular weight excluding hydrogens is 246 g/mol. The normalized spacial score (nSPS) is 21.7. The molecule has 0 radical (unpaired) electrons. The number of amidine groups is 1. The average Bonchev–Trinajstić information content (AvgIpc) is 2.88. The van der Waals surface area contributed by atoms with Crippen LogP contribution in [0.3, 0.4) is 0 Å². The van der Waals surface area contributed by atoms with Gasteiger partial charge in [-0.3, -0.25) is 9.79 Å². The lowest BCUT2D eigenvalue weighted by atomic mass is 10.1. The van der Waals surface area contributed by atoms with E-state index in [1.807, 2.05) is 30.0 Å². The molecule has 0 saturated carbocycles. The van der Waals surface area contributed by atoms with E-state index in [1.54, 1.807) is 0 Å². The third kappa shape index (κ3) is 2.22. The smallest absolute Gasteiger partial charge is 0.221 e. The van der Waals surface area contributed by atoms with Crippen LogP contribution in [-0.2, 0) is 4.79 Å². The van der Waals surface area contributed by atoms with Crippen LogP contribution in [-0.4, -0.2) is 34.8 Å². The molecule has 94 valence electrons. The van der Waals surface area contributed by atoms with Crippen molar-refractivity contribution in [2.75, 3.05) is 24.2 Å². The van der Waals surface area contributed by atoms with Crippen molar-refractivity contribution in [3.8, 4) is 0 Å². The number of carbonyl (C=O) groups is 1. The van der Waals surface area contributed by atoms with Gasteiger partial charge in [-0.05, 0) is 17.7 Å². The Hall–Kier alpha value is -1.49. The van der Waals surface area contributed by atoms with Crippen LogP contribution >= 0.6 is 11.8 Å². The van der Waals surface area contributed by atoms with Crippen molar-refractivity contribution in [3.05, 3.63) is 29.8 Å². The number of anilines is 1. The number of fused-ring (bicyclic) bond motifs is 1. The minimum atomic E-state index is -0.0407. The van der Waals surface area contributed by atoms with Crippen LogP contribution in [0.25, 0.3) is 0 Å². The second-order valence-corrected chi connectivity index (χ2v) is 5.59. The largest absolute Gasteiger partial charge is 0.348 e. The zero-order chi connectivity index (χ0) is 12.5. The molecule has 5 heteroatoms. The van der Waals surface area contributed by atoms with E-state index in [0.29, 0.717) is 0 Å². The minimum Gasteiger partial charge on any atom is -0.348 e. The van der Waals surface area contributed by atoms with Gasteiger partial charge in [0.25, 0.3) is 0 Å². The van der Waals surface area contributed by atoms with E-state index < -0.39 is 0 Å². The van der Waals surface area contributed by atoms with Crippen LogP contribution in [0, 0.1) is 0 Å². The summed E-state index contributed by atoms with van der Waals surface area (Å²) < 4.78 is 0. The molecule has 1 N–H and O–H groups in total. The summed E-state index contributed by atoms with van der Waals surface area (Å²) in [5, 5.41) is 3.98. The van der Waals surface area contributed by atoms with Crippen molar-refractivity contribution in [1.29, 1.82) is 0 Å². The van der Waals surface area contributed by atoms with Crippen LogP contribution in [0.2, 0.25) is 0 Å². The molecule has 1 aromatic rings. The molecule has 1 unspecified atom stereocenters. The molecule has 1 atom stereocenters. The fourth-order valence-corrected chi connectivity index (χ4v) is 3.36. The van der Waals surface area contributed by atoms with E-state index in [4.69, 9.17) is 4.99 Å². The third-order valence-corrected chi connectivity index (χ3v) is 4.12. The Bertz CT molecular complexity index is 515. The lowest BCUT2D eigenvalue weighted by Gasteiger charge is -2.13. The summed E-state index contributed by atoms with van der Waals surface area (Å²) in [4.78, 5) is 18.1. The van der Waals surface area contributed by atoms with Gasteiger partial charge in [0.1, 0.15) is 0 Å². The first-order chi connectivity index (χ1) is 8.72. The molecule has 18 heavy (non-hydrogen) atoms. The van der Waals surface area contributed by atoms with E-state index in [9.17, 15) is 4.79 Å². The van der Waals surface area contributed by atoms with Gasteiger partial charge in [0.15, 0.2) is 5.17 Å². The van der Waals surface area contributed by atoms with Crippen LogP contribution < -0.4 is 5.32 Å². The monoisotopic (exact) mass is 261 g/mol. The van der Waals surface area contributed by atoms with Gasteiger partial charge >= 0.3 is 0 Å². The predicted molar refractivity (Wildman–Crippen MR) is 75.0 cm³/mol. The SMILES string of the molecule is CC(=O)Nc1cccc(C2CN3CCSC3=N2)c1. The molecule has 0 aliphatic carbocycles. The summed E-state index contributed by atoms with van der Waals surface area (Å²) in [7, 11) is 0. The summed E-state index contributed by atoms with van der Waals surface area (Å²) in [6, 6.07) is 8.18. The average molecular weight is 261 g/mol. The summed E-state index contributed by atoms with van der Waals surface area (Å²) in [5.41, 5.74) is 2.02. The van der Waals surface area contributed by atoms with Gasteiger partial charge in [-0.15, -0.1) is 0 Å². The van der Waals surface area contributed by atoms with Gasteiger partial charge in [0.2, 0.25) is 5.91 Å². The van der Waals surface area contributed by atoms with E-state index in [2.05, 4.69) is 16.3 Å². The molecule has 1 saturated heterocycles. The number of hydrogen-bond donors (Lipinski definition) is 1. The molecule has 1 aromatic carbocycles. The number of rotatable bonds is 2. The van der Waals surface area contributed by atoms with E-state index in [1.165, 1.54) is 17.7 Å².